The van der Waals surface area contributed by atoms with E-state index < -0.39 is 0 Å². The van der Waals surface area contributed by atoms with Crippen LogP contribution in [0.3, 0.4) is 0 Å². The molecule has 9 heteroatoms. The normalized spacial score (nSPS) is 18.7. The van der Waals surface area contributed by atoms with Gasteiger partial charge in [-0.3, -0.25) is 14.7 Å². The Bertz CT molecular complexity index is 689. The first kappa shape index (κ1) is 25.0. The molecule has 2 saturated heterocycles. The monoisotopic (exact) mass is 549 g/mol. The van der Waals surface area contributed by atoms with Crippen LogP contribution in [0.1, 0.15) is 19.8 Å². The third-order valence-corrected chi connectivity index (χ3v) is 5.87. The lowest BCUT2D eigenvalue weighted by Crippen LogP contribution is -2.57. The Labute approximate surface area is 201 Å². The van der Waals surface area contributed by atoms with Crippen molar-refractivity contribution in [1.82, 2.24) is 20.0 Å². The van der Waals surface area contributed by atoms with Crippen LogP contribution in [-0.4, -0.2) is 92.1 Å². The van der Waals surface area contributed by atoms with Crippen LogP contribution in [0.4, 0.5) is 0 Å². The molecule has 1 aromatic carbocycles. The molecule has 0 aliphatic carbocycles. The molecule has 1 N–H and O–H groups in total. The predicted molar refractivity (Wildman–Crippen MR) is 132 cm³/mol. The fourth-order valence-electron chi connectivity index (χ4n) is 3.87. The van der Waals surface area contributed by atoms with Crippen molar-refractivity contribution in [1.29, 1.82) is 0 Å². The number of carbonyl (C=O) groups excluding carboxylic acids is 1. The number of guanidine groups is 1. The van der Waals surface area contributed by atoms with Crippen molar-refractivity contribution in [2.24, 2.45) is 4.99 Å². The average molecular weight is 550 g/mol. The summed E-state index contributed by atoms with van der Waals surface area (Å²) in [6, 6.07) is 7.32. The van der Waals surface area contributed by atoms with Crippen LogP contribution in [0, 0.1) is 0 Å². The number of likely N-dealkylation sites (tertiary alicyclic amines) is 1. The van der Waals surface area contributed by atoms with Crippen LogP contribution in [0.5, 0.6) is 5.75 Å². The summed E-state index contributed by atoms with van der Waals surface area (Å²) in [7, 11) is 1.80. The number of nitrogens with zero attached hydrogens (tertiary/aromatic N) is 4. The maximum atomic E-state index is 12.6. The summed E-state index contributed by atoms with van der Waals surface area (Å²) in [6.07, 6.45) is 2.27. The highest BCUT2D eigenvalue weighted by Gasteiger charge is 2.30. The summed E-state index contributed by atoms with van der Waals surface area (Å²) in [6.45, 7) is 8.52. The summed E-state index contributed by atoms with van der Waals surface area (Å²) in [4.78, 5) is 23.6. The Morgan fingerprint density at radius 2 is 1.73 bits per heavy atom. The second kappa shape index (κ2) is 12.6. The molecule has 30 heavy (non-hydrogen) atoms. The van der Waals surface area contributed by atoms with Crippen molar-refractivity contribution in [3.05, 3.63) is 29.3 Å². The smallest absolute Gasteiger partial charge is 0.239 e. The highest BCUT2D eigenvalue weighted by atomic mass is 127. The standard InChI is InChI=1S/C21H32ClN5O2.HI/c1-17(20(28)26-10-3-4-11-26)25-12-14-27(15-13-25)21(23-2)24-9-16-29-19-7-5-18(22)6-8-19;/h5-8,17H,3-4,9-16H2,1-2H3,(H,23,24);1H. The molecule has 1 atom stereocenters. The molecule has 168 valence electrons. The van der Waals surface area contributed by atoms with Gasteiger partial charge in [-0.2, -0.15) is 0 Å². The number of carbonyl (C=O) groups is 1. The first-order valence-electron chi connectivity index (χ1n) is 10.5. The number of piperazine rings is 1. The van der Waals surface area contributed by atoms with E-state index in [2.05, 4.69) is 20.1 Å². The molecule has 2 aliphatic heterocycles. The van der Waals surface area contributed by atoms with Gasteiger partial charge in [-0.15, -0.1) is 24.0 Å². The maximum Gasteiger partial charge on any atom is 0.239 e. The second-order valence-electron chi connectivity index (χ2n) is 7.51. The van der Waals surface area contributed by atoms with Gasteiger partial charge in [0.15, 0.2) is 5.96 Å². The van der Waals surface area contributed by atoms with Crippen LogP contribution >= 0.6 is 35.6 Å². The Balaban J connectivity index is 0.00000320. The van der Waals surface area contributed by atoms with E-state index >= 15 is 0 Å². The molecule has 0 aromatic heterocycles. The lowest BCUT2D eigenvalue weighted by Gasteiger charge is -2.39. The predicted octanol–water partition coefficient (Wildman–Crippen LogP) is 2.54. The molecule has 7 nitrogen and oxygen atoms in total. The summed E-state index contributed by atoms with van der Waals surface area (Å²) in [5.74, 6) is 1.96. The molecule has 1 aromatic rings. The number of halogens is 2. The largest absolute Gasteiger partial charge is 0.492 e. The molecule has 3 rings (SSSR count). The number of amides is 1. The van der Waals surface area contributed by atoms with E-state index in [-0.39, 0.29) is 35.9 Å². The van der Waals surface area contributed by atoms with Gasteiger partial charge in [0.1, 0.15) is 12.4 Å². The molecular weight excluding hydrogens is 517 g/mol. The molecule has 2 fully saturated rings. The van der Waals surface area contributed by atoms with E-state index in [0.29, 0.717) is 18.2 Å². The van der Waals surface area contributed by atoms with Crippen molar-refractivity contribution in [3.8, 4) is 5.75 Å². The molecule has 0 bridgehead atoms. The first-order chi connectivity index (χ1) is 14.1. The quantitative estimate of drug-likeness (QED) is 0.256. The zero-order valence-electron chi connectivity index (χ0n) is 17.8. The van der Waals surface area contributed by atoms with Crippen molar-refractivity contribution in [2.45, 2.75) is 25.8 Å². The summed E-state index contributed by atoms with van der Waals surface area (Å²) < 4.78 is 5.72. The van der Waals surface area contributed by atoms with Crippen molar-refractivity contribution in [2.75, 3.05) is 59.5 Å². The molecule has 2 aliphatic rings. The zero-order chi connectivity index (χ0) is 20.6. The van der Waals surface area contributed by atoms with Gasteiger partial charge in [0.2, 0.25) is 5.91 Å². The van der Waals surface area contributed by atoms with Crippen LogP contribution in [0.2, 0.25) is 5.02 Å². The summed E-state index contributed by atoms with van der Waals surface area (Å²) >= 11 is 5.89. The lowest BCUT2D eigenvalue weighted by atomic mass is 10.2. The van der Waals surface area contributed by atoms with E-state index in [1.165, 1.54) is 0 Å². The van der Waals surface area contributed by atoms with Gasteiger partial charge in [-0.05, 0) is 44.0 Å². The minimum atomic E-state index is -0.0435. The van der Waals surface area contributed by atoms with Crippen molar-refractivity contribution >= 4 is 47.4 Å². The fraction of sp³-hybridized carbons (Fsp3) is 0.619. The van der Waals surface area contributed by atoms with E-state index in [4.69, 9.17) is 16.3 Å². The second-order valence-corrected chi connectivity index (χ2v) is 7.94. The summed E-state index contributed by atoms with van der Waals surface area (Å²) in [5, 5.41) is 4.06. The topological polar surface area (TPSA) is 60.4 Å². The van der Waals surface area contributed by atoms with Crippen LogP contribution in [0.15, 0.2) is 29.3 Å². The Morgan fingerprint density at radius 1 is 1.10 bits per heavy atom. The number of ether oxygens (including phenoxy) is 1. The maximum absolute atomic E-state index is 12.6. The van der Waals surface area contributed by atoms with Gasteiger partial charge in [0, 0.05) is 51.3 Å². The molecule has 1 amide bonds. The van der Waals surface area contributed by atoms with Crippen LogP contribution in [-0.2, 0) is 4.79 Å². The Hall–Kier alpha value is -1.26. The number of hydrogen-bond donors (Lipinski definition) is 1. The molecule has 0 saturated carbocycles. The Morgan fingerprint density at radius 3 is 2.33 bits per heavy atom. The average Bonchev–Trinajstić information content (AvgIpc) is 3.29. The lowest BCUT2D eigenvalue weighted by molar-refractivity contribution is -0.135. The number of rotatable bonds is 6. The SMILES string of the molecule is CN=C(NCCOc1ccc(Cl)cc1)N1CCN(C(C)C(=O)N2CCCC2)CC1.I. The Kier molecular flexibility index (Phi) is 10.5. The third-order valence-electron chi connectivity index (χ3n) is 5.62. The minimum Gasteiger partial charge on any atom is -0.492 e. The number of benzene rings is 1. The van der Waals surface area contributed by atoms with E-state index in [1.807, 2.05) is 36.1 Å². The van der Waals surface area contributed by atoms with Gasteiger partial charge in [-0.1, -0.05) is 11.6 Å². The molecular formula is C21H33ClIN5O2. The van der Waals surface area contributed by atoms with E-state index in [0.717, 1.165) is 63.8 Å². The minimum absolute atomic E-state index is 0. The fourth-order valence-corrected chi connectivity index (χ4v) is 4.00. The first-order valence-corrected chi connectivity index (χ1v) is 10.8. The zero-order valence-corrected chi connectivity index (χ0v) is 20.9. The highest BCUT2D eigenvalue weighted by molar-refractivity contribution is 14.0. The number of aliphatic imine (C=N–C) groups is 1. The highest BCUT2D eigenvalue weighted by Crippen LogP contribution is 2.15. The summed E-state index contributed by atoms with van der Waals surface area (Å²) in [5.41, 5.74) is 0. The van der Waals surface area contributed by atoms with Gasteiger partial charge in [0.25, 0.3) is 0 Å². The van der Waals surface area contributed by atoms with Crippen LogP contribution < -0.4 is 10.1 Å². The van der Waals surface area contributed by atoms with Crippen molar-refractivity contribution < 1.29 is 9.53 Å². The molecule has 2 heterocycles. The van der Waals surface area contributed by atoms with Crippen molar-refractivity contribution in [3.63, 3.8) is 0 Å². The van der Waals surface area contributed by atoms with Gasteiger partial charge >= 0.3 is 0 Å². The number of hydrogen-bond acceptors (Lipinski definition) is 4. The van der Waals surface area contributed by atoms with E-state index in [9.17, 15) is 4.79 Å². The van der Waals surface area contributed by atoms with Gasteiger partial charge in [-0.25, -0.2) is 0 Å². The third kappa shape index (κ3) is 6.88. The van der Waals surface area contributed by atoms with Crippen LogP contribution in [0.25, 0.3) is 0 Å². The van der Waals surface area contributed by atoms with E-state index in [1.54, 1.807) is 7.05 Å². The van der Waals surface area contributed by atoms with Gasteiger partial charge in [0.05, 0.1) is 12.6 Å². The van der Waals surface area contributed by atoms with Gasteiger partial charge < -0.3 is 19.9 Å². The molecule has 1 unspecified atom stereocenters. The molecule has 0 radical (unpaired) electrons. The molecule has 0 spiro atoms. The number of nitrogens with one attached hydrogen (secondary N) is 1.